The van der Waals surface area contributed by atoms with Gasteiger partial charge in [-0.1, -0.05) is 12.1 Å². The Balaban J connectivity index is 2.11. The fourth-order valence-electron chi connectivity index (χ4n) is 2.72. The maximum atomic E-state index is 12.7. The summed E-state index contributed by atoms with van der Waals surface area (Å²) < 4.78 is 27.6. The highest BCUT2D eigenvalue weighted by Gasteiger charge is 2.23. The number of hydrogen-bond acceptors (Lipinski definition) is 7. The van der Waals surface area contributed by atoms with Crippen molar-refractivity contribution in [1.82, 2.24) is 15.0 Å². The second-order valence-electron chi connectivity index (χ2n) is 6.43. The topological polar surface area (TPSA) is 151 Å². The van der Waals surface area contributed by atoms with Crippen LogP contribution in [0.15, 0.2) is 58.5 Å². The summed E-state index contributed by atoms with van der Waals surface area (Å²) >= 11 is 0. The molecule has 12 heteroatoms. The van der Waals surface area contributed by atoms with E-state index >= 15 is 0 Å². The number of sulfonamides is 1. The molecule has 0 unspecified atom stereocenters. The number of hydrazone groups is 1. The fourth-order valence-corrected chi connectivity index (χ4v) is 3.90. The number of non-ortho nitro benzene ring substituents is 1. The molecule has 0 fully saturated rings. The average Bonchev–Trinajstić information content (AvgIpc) is 2.79. The molecule has 0 radical (unpaired) electrons. The van der Waals surface area contributed by atoms with Gasteiger partial charge in [0.15, 0.2) is 0 Å². The summed E-state index contributed by atoms with van der Waals surface area (Å²) in [4.78, 5) is 35.9. The van der Waals surface area contributed by atoms with Gasteiger partial charge in [0, 0.05) is 25.2 Å². The third-order valence-electron chi connectivity index (χ3n) is 4.43. The molecule has 2 amide bonds. The lowest BCUT2D eigenvalue weighted by molar-refractivity contribution is -0.384. The van der Waals surface area contributed by atoms with E-state index in [0.29, 0.717) is 18.7 Å². The summed E-state index contributed by atoms with van der Waals surface area (Å²) in [7, 11) is -4.15. The van der Waals surface area contributed by atoms with Crippen molar-refractivity contribution < 1.29 is 22.9 Å². The van der Waals surface area contributed by atoms with E-state index in [4.69, 9.17) is 0 Å². The van der Waals surface area contributed by atoms with Crippen molar-refractivity contribution in [3.05, 3.63) is 69.8 Å². The van der Waals surface area contributed by atoms with Crippen molar-refractivity contribution in [2.75, 3.05) is 19.6 Å². The molecule has 0 bridgehead atoms. The summed E-state index contributed by atoms with van der Waals surface area (Å²) in [5.41, 5.74) is 2.48. The van der Waals surface area contributed by atoms with Crippen LogP contribution in [0, 0.1) is 10.1 Å². The Bertz CT molecular complexity index is 1110. The highest BCUT2D eigenvalue weighted by atomic mass is 32.2. The molecule has 0 aliphatic heterocycles. The van der Waals surface area contributed by atoms with Crippen molar-refractivity contribution in [2.24, 2.45) is 5.10 Å². The smallest absolute Gasteiger partial charge is 0.272 e. The van der Waals surface area contributed by atoms with E-state index in [0.717, 1.165) is 0 Å². The average molecular weight is 462 g/mol. The van der Waals surface area contributed by atoms with Gasteiger partial charge in [-0.15, -0.1) is 0 Å². The number of hydrogen-bond donors (Lipinski definition) is 2. The number of nitro groups is 1. The molecule has 170 valence electrons. The third-order valence-corrected chi connectivity index (χ3v) is 5.89. The Hall–Kier alpha value is -3.64. The molecule has 2 N–H and O–H groups in total. The first-order valence-corrected chi connectivity index (χ1v) is 11.1. The van der Waals surface area contributed by atoms with Gasteiger partial charge in [-0.25, -0.2) is 18.6 Å². The van der Waals surface area contributed by atoms with Gasteiger partial charge in [0.1, 0.15) is 0 Å². The first kappa shape index (κ1) is 24.6. The Morgan fingerprint density at radius 1 is 1.09 bits per heavy atom. The third kappa shape index (κ3) is 6.43. The number of nitro benzene ring substituents is 1. The molecule has 0 spiro atoms. The van der Waals surface area contributed by atoms with Crippen molar-refractivity contribution in [2.45, 2.75) is 18.7 Å². The van der Waals surface area contributed by atoms with E-state index in [1.165, 1.54) is 59.6 Å². The van der Waals surface area contributed by atoms with Crippen LogP contribution in [-0.2, 0) is 14.8 Å². The largest absolute Gasteiger partial charge is 0.342 e. The summed E-state index contributed by atoms with van der Waals surface area (Å²) in [5.74, 6) is -1.16. The first-order chi connectivity index (χ1) is 15.2. The zero-order valence-corrected chi connectivity index (χ0v) is 18.3. The fraction of sp³-hybridized carbons (Fsp3) is 0.250. The second kappa shape index (κ2) is 11.1. The quantitative estimate of drug-likeness (QED) is 0.311. The highest BCUT2D eigenvalue weighted by molar-refractivity contribution is 7.89. The van der Waals surface area contributed by atoms with E-state index in [9.17, 15) is 28.1 Å². The van der Waals surface area contributed by atoms with Gasteiger partial charge in [0.05, 0.1) is 28.1 Å². The summed E-state index contributed by atoms with van der Waals surface area (Å²) in [5, 5.41) is 14.4. The Morgan fingerprint density at radius 2 is 1.72 bits per heavy atom. The van der Waals surface area contributed by atoms with E-state index < -0.39 is 27.4 Å². The van der Waals surface area contributed by atoms with Crippen LogP contribution < -0.4 is 10.1 Å². The van der Waals surface area contributed by atoms with Crippen LogP contribution in [0.4, 0.5) is 5.69 Å². The Labute approximate surface area is 185 Å². The predicted octanol–water partition coefficient (Wildman–Crippen LogP) is 1.51. The van der Waals surface area contributed by atoms with Gasteiger partial charge in [0.2, 0.25) is 15.9 Å². The number of nitrogens with zero attached hydrogens (tertiary/aromatic N) is 3. The standard InChI is InChI=1S/C20H23N5O6S/c1-3-24(4-2)19(26)14-22-32(30,31)18-8-6-5-7-17(18)20(27)23-21-13-15-9-11-16(12-10-15)25(28)29/h5-13,22H,3-4,14H2,1-2H3,(H,23,27). The van der Waals surface area contributed by atoms with Gasteiger partial charge in [0.25, 0.3) is 11.6 Å². The Kier molecular flexibility index (Phi) is 8.55. The molecule has 32 heavy (non-hydrogen) atoms. The number of amides is 2. The SMILES string of the molecule is CCN(CC)C(=O)CNS(=O)(=O)c1ccccc1C(=O)NN=Cc1ccc([N+](=O)[O-])cc1. The zero-order valence-electron chi connectivity index (χ0n) is 17.5. The molecule has 2 aromatic carbocycles. The van der Waals surface area contributed by atoms with E-state index in [2.05, 4.69) is 15.2 Å². The van der Waals surface area contributed by atoms with Gasteiger partial charge in [-0.3, -0.25) is 19.7 Å². The lowest BCUT2D eigenvalue weighted by Crippen LogP contribution is -2.40. The minimum absolute atomic E-state index is 0.0858. The lowest BCUT2D eigenvalue weighted by Gasteiger charge is -2.19. The van der Waals surface area contributed by atoms with E-state index in [1.54, 1.807) is 13.8 Å². The van der Waals surface area contributed by atoms with E-state index in [1.807, 2.05) is 0 Å². The van der Waals surface area contributed by atoms with Gasteiger partial charge >= 0.3 is 0 Å². The molecule has 0 saturated carbocycles. The molecule has 0 saturated heterocycles. The Morgan fingerprint density at radius 3 is 2.31 bits per heavy atom. The summed E-state index contributed by atoms with van der Waals surface area (Å²) in [6, 6.07) is 11.0. The maximum Gasteiger partial charge on any atom is 0.272 e. The van der Waals surface area contributed by atoms with Crippen LogP contribution >= 0.6 is 0 Å². The number of benzene rings is 2. The van der Waals surface area contributed by atoms with Crippen LogP contribution in [0.5, 0.6) is 0 Å². The van der Waals surface area contributed by atoms with Crippen LogP contribution in [0.3, 0.4) is 0 Å². The summed E-state index contributed by atoms with van der Waals surface area (Å²) in [6.45, 7) is 4.03. The van der Waals surface area contributed by atoms with Crippen LogP contribution in [-0.4, -0.2) is 55.9 Å². The zero-order chi connectivity index (χ0) is 23.7. The van der Waals surface area contributed by atoms with Gasteiger partial charge in [-0.2, -0.15) is 5.10 Å². The first-order valence-electron chi connectivity index (χ1n) is 9.64. The van der Waals surface area contributed by atoms with Crippen LogP contribution in [0.25, 0.3) is 0 Å². The minimum Gasteiger partial charge on any atom is -0.342 e. The minimum atomic E-state index is -4.15. The van der Waals surface area contributed by atoms with Crippen LogP contribution in [0.1, 0.15) is 29.8 Å². The maximum absolute atomic E-state index is 12.7. The number of likely N-dealkylation sites (N-methyl/N-ethyl adjacent to an activating group) is 1. The molecule has 0 aliphatic carbocycles. The number of carbonyl (C=O) groups excluding carboxylic acids is 2. The van der Waals surface area contributed by atoms with Crippen molar-refractivity contribution in [3.63, 3.8) is 0 Å². The number of rotatable bonds is 10. The molecular formula is C20H23N5O6S. The monoisotopic (exact) mass is 461 g/mol. The normalized spacial score (nSPS) is 11.3. The molecule has 0 atom stereocenters. The number of carbonyl (C=O) groups is 2. The predicted molar refractivity (Wildman–Crippen MR) is 118 cm³/mol. The van der Waals surface area contributed by atoms with Crippen molar-refractivity contribution in [1.29, 1.82) is 0 Å². The van der Waals surface area contributed by atoms with Gasteiger partial charge in [-0.05, 0) is 43.7 Å². The molecular weight excluding hydrogens is 438 g/mol. The highest BCUT2D eigenvalue weighted by Crippen LogP contribution is 2.15. The molecule has 0 aromatic heterocycles. The van der Waals surface area contributed by atoms with Crippen molar-refractivity contribution >= 4 is 33.7 Å². The molecule has 0 heterocycles. The molecule has 11 nitrogen and oxygen atoms in total. The molecule has 0 aliphatic rings. The molecule has 2 aromatic rings. The second-order valence-corrected chi connectivity index (χ2v) is 8.17. The van der Waals surface area contributed by atoms with Crippen molar-refractivity contribution in [3.8, 4) is 0 Å². The summed E-state index contributed by atoms with van der Waals surface area (Å²) in [6.07, 6.45) is 1.26. The van der Waals surface area contributed by atoms with Gasteiger partial charge < -0.3 is 4.90 Å². The number of nitrogens with one attached hydrogen (secondary N) is 2. The van der Waals surface area contributed by atoms with E-state index in [-0.39, 0.29) is 22.1 Å². The molecule has 2 rings (SSSR count). The lowest BCUT2D eigenvalue weighted by atomic mass is 10.2. The van der Waals surface area contributed by atoms with Crippen LogP contribution in [0.2, 0.25) is 0 Å².